The van der Waals surface area contributed by atoms with Crippen molar-refractivity contribution < 1.29 is 4.74 Å². The van der Waals surface area contributed by atoms with E-state index in [1.807, 2.05) is 0 Å². The number of fused-ring (bicyclic) bond motifs is 1. The molecule has 1 N–H and O–H groups in total. The van der Waals surface area contributed by atoms with E-state index in [4.69, 9.17) is 4.74 Å². The number of rotatable bonds is 5. The average molecular weight is 231 g/mol. The molecule has 1 aromatic rings. The third-order valence-corrected chi connectivity index (χ3v) is 3.16. The van der Waals surface area contributed by atoms with Gasteiger partial charge in [-0.1, -0.05) is 31.2 Å². The zero-order chi connectivity index (χ0) is 12.1. The highest BCUT2D eigenvalue weighted by Gasteiger charge is 2.16. The smallest absolute Gasteiger partial charge is 0.130 e. The molecule has 1 aliphatic heterocycles. The highest BCUT2D eigenvalue weighted by Crippen LogP contribution is 2.33. The molecule has 92 valence electrons. The first-order valence-electron chi connectivity index (χ1n) is 6.45. The van der Waals surface area contributed by atoms with E-state index < -0.39 is 0 Å². The Bertz CT molecular complexity index is 409. The van der Waals surface area contributed by atoms with Gasteiger partial charge >= 0.3 is 0 Å². The second-order valence-electron chi connectivity index (χ2n) is 4.42. The van der Waals surface area contributed by atoms with E-state index in [9.17, 15) is 0 Å². The molecule has 0 fully saturated rings. The molecule has 0 saturated carbocycles. The fourth-order valence-corrected chi connectivity index (χ4v) is 2.20. The van der Waals surface area contributed by atoms with Crippen LogP contribution in [-0.2, 0) is 6.42 Å². The van der Waals surface area contributed by atoms with E-state index in [0.29, 0.717) is 0 Å². The molecule has 2 heteroatoms. The molecule has 1 heterocycles. The molecule has 0 aromatic heterocycles. The number of benzene rings is 1. The summed E-state index contributed by atoms with van der Waals surface area (Å²) in [6.07, 6.45) is 4.41. The quantitative estimate of drug-likeness (QED) is 0.786. The molecule has 2 rings (SSSR count). The normalized spacial score (nSPS) is 14.6. The summed E-state index contributed by atoms with van der Waals surface area (Å²) in [5.41, 5.74) is 3.93. The van der Waals surface area contributed by atoms with Crippen LogP contribution in [0.2, 0.25) is 0 Å². The van der Waals surface area contributed by atoms with Crippen LogP contribution >= 0.6 is 0 Å². The monoisotopic (exact) mass is 231 g/mol. The van der Waals surface area contributed by atoms with Crippen LogP contribution in [0.4, 0.5) is 0 Å². The van der Waals surface area contributed by atoms with Gasteiger partial charge in [-0.05, 0) is 37.6 Å². The fourth-order valence-electron chi connectivity index (χ4n) is 2.20. The van der Waals surface area contributed by atoms with Gasteiger partial charge in [0.05, 0.1) is 6.61 Å². The molecule has 17 heavy (non-hydrogen) atoms. The SMILES string of the molecule is CCNCC/C=C(/C)c1cccc2c1OCC2. The number of nitrogens with one attached hydrogen (secondary N) is 1. The lowest BCUT2D eigenvalue weighted by molar-refractivity contribution is 0.356. The molecule has 0 bridgehead atoms. The van der Waals surface area contributed by atoms with Gasteiger partial charge in [-0.3, -0.25) is 0 Å². The maximum Gasteiger partial charge on any atom is 0.130 e. The van der Waals surface area contributed by atoms with Gasteiger partial charge in [-0.2, -0.15) is 0 Å². The summed E-state index contributed by atoms with van der Waals surface area (Å²) in [6, 6.07) is 6.45. The maximum absolute atomic E-state index is 5.72. The summed E-state index contributed by atoms with van der Waals surface area (Å²) in [4.78, 5) is 0. The predicted octanol–water partition coefficient (Wildman–Crippen LogP) is 3.02. The van der Waals surface area contributed by atoms with Gasteiger partial charge in [0.15, 0.2) is 0 Å². The van der Waals surface area contributed by atoms with Crippen LogP contribution in [0.1, 0.15) is 31.4 Å². The Morgan fingerprint density at radius 3 is 3.18 bits per heavy atom. The van der Waals surface area contributed by atoms with Crippen molar-refractivity contribution in [2.24, 2.45) is 0 Å². The van der Waals surface area contributed by atoms with Crippen LogP contribution in [-0.4, -0.2) is 19.7 Å². The zero-order valence-electron chi connectivity index (χ0n) is 10.8. The Hall–Kier alpha value is -1.28. The van der Waals surface area contributed by atoms with Crippen molar-refractivity contribution in [2.45, 2.75) is 26.7 Å². The highest BCUT2D eigenvalue weighted by atomic mass is 16.5. The first-order chi connectivity index (χ1) is 8.33. The molecule has 2 nitrogen and oxygen atoms in total. The Labute approximate surface area is 104 Å². The lowest BCUT2D eigenvalue weighted by Gasteiger charge is -2.08. The maximum atomic E-state index is 5.72. The highest BCUT2D eigenvalue weighted by molar-refractivity contribution is 5.71. The number of allylic oxidation sites excluding steroid dienone is 1. The molecule has 1 aromatic carbocycles. The minimum absolute atomic E-state index is 0.830. The molecule has 0 radical (unpaired) electrons. The first-order valence-corrected chi connectivity index (χ1v) is 6.45. The second kappa shape index (κ2) is 5.87. The molecular formula is C15H21NO. The van der Waals surface area contributed by atoms with Crippen molar-refractivity contribution in [1.82, 2.24) is 5.32 Å². The summed E-state index contributed by atoms with van der Waals surface area (Å²) in [5, 5.41) is 3.33. The molecule has 0 saturated heterocycles. The molecule has 0 atom stereocenters. The Morgan fingerprint density at radius 2 is 2.35 bits per heavy atom. The summed E-state index contributed by atoms with van der Waals surface area (Å²) in [5.74, 6) is 1.10. The Kier molecular flexibility index (Phi) is 4.21. The van der Waals surface area contributed by atoms with Gasteiger partial charge in [0.2, 0.25) is 0 Å². The van der Waals surface area contributed by atoms with Crippen molar-refractivity contribution in [2.75, 3.05) is 19.7 Å². The van der Waals surface area contributed by atoms with E-state index in [2.05, 4.69) is 43.4 Å². The molecule has 0 spiro atoms. The average Bonchev–Trinajstić information content (AvgIpc) is 2.82. The summed E-state index contributed by atoms with van der Waals surface area (Å²) in [7, 11) is 0. The summed E-state index contributed by atoms with van der Waals surface area (Å²) >= 11 is 0. The molecule has 0 amide bonds. The second-order valence-corrected chi connectivity index (χ2v) is 4.42. The van der Waals surface area contributed by atoms with Gasteiger partial charge in [-0.25, -0.2) is 0 Å². The van der Waals surface area contributed by atoms with Crippen LogP contribution in [0.3, 0.4) is 0 Å². The first kappa shape index (κ1) is 12.2. The number of hydrogen-bond donors (Lipinski definition) is 1. The van der Waals surface area contributed by atoms with Crippen LogP contribution < -0.4 is 10.1 Å². The zero-order valence-corrected chi connectivity index (χ0v) is 10.8. The van der Waals surface area contributed by atoms with Gasteiger partial charge in [-0.15, -0.1) is 0 Å². The van der Waals surface area contributed by atoms with Crippen molar-refractivity contribution in [3.8, 4) is 5.75 Å². The molecule has 0 unspecified atom stereocenters. The molecule has 0 aliphatic carbocycles. The molecule has 1 aliphatic rings. The minimum Gasteiger partial charge on any atom is -0.492 e. The topological polar surface area (TPSA) is 21.3 Å². The lowest BCUT2D eigenvalue weighted by Crippen LogP contribution is -2.13. The summed E-state index contributed by atoms with van der Waals surface area (Å²) < 4.78 is 5.72. The van der Waals surface area contributed by atoms with Crippen molar-refractivity contribution in [3.63, 3.8) is 0 Å². The van der Waals surface area contributed by atoms with Gasteiger partial charge in [0, 0.05) is 12.0 Å². The lowest BCUT2D eigenvalue weighted by atomic mass is 10.0. The van der Waals surface area contributed by atoms with E-state index >= 15 is 0 Å². The number of para-hydroxylation sites is 1. The fraction of sp³-hybridized carbons (Fsp3) is 0.467. The van der Waals surface area contributed by atoms with Crippen molar-refractivity contribution in [1.29, 1.82) is 0 Å². The van der Waals surface area contributed by atoms with E-state index in [1.54, 1.807) is 0 Å². The Morgan fingerprint density at radius 1 is 1.47 bits per heavy atom. The van der Waals surface area contributed by atoms with E-state index in [-0.39, 0.29) is 0 Å². The third-order valence-electron chi connectivity index (χ3n) is 3.16. The van der Waals surface area contributed by atoms with Crippen LogP contribution in [0.5, 0.6) is 5.75 Å². The standard InChI is InChI=1S/C15H21NO/c1-3-16-10-5-6-12(2)14-8-4-7-13-9-11-17-15(13)14/h4,6-8,16H,3,5,9-11H2,1-2H3/b12-6-. The number of ether oxygens (including phenoxy) is 1. The van der Waals surface area contributed by atoms with Crippen molar-refractivity contribution >= 4 is 5.57 Å². The number of hydrogen-bond acceptors (Lipinski definition) is 2. The largest absolute Gasteiger partial charge is 0.492 e. The Balaban J connectivity index is 2.09. The van der Waals surface area contributed by atoms with Crippen molar-refractivity contribution in [3.05, 3.63) is 35.4 Å². The summed E-state index contributed by atoms with van der Waals surface area (Å²) in [6.45, 7) is 7.22. The van der Waals surface area contributed by atoms with Crippen LogP contribution in [0.25, 0.3) is 5.57 Å². The third kappa shape index (κ3) is 2.89. The van der Waals surface area contributed by atoms with Crippen LogP contribution in [0.15, 0.2) is 24.3 Å². The van der Waals surface area contributed by atoms with E-state index in [0.717, 1.165) is 38.3 Å². The van der Waals surface area contributed by atoms with Gasteiger partial charge < -0.3 is 10.1 Å². The molecular weight excluding hydrogens is 210 g/mol. The predicted molar refractivity (Wildman–Crippen MR) is 72.5 cm³/mol. The van der Waals surface area contributed by atoms with Gasteiger partial charge in [0.25, 0.3) is 0 Å². The van der Waals surface area contributed by atoms with Gasteiger partial charge in [0.1, 0.15) is 5.75 Å². The van der Waals surface area contributed by atoms with E-state index in [1.165, 1.54) is 16.7 Å². The van der Waals surface area contributed by atoms with Crippen LogP contribution in [0, 0.1) is 0 Å². The minimum atomic E-state index is 0.830.